The van der Waals surface area contributed by atoms with Crippen molar-refractivity contribution in [3.8, 4) is 50.5 Å². The highest BCUT2D eigenvalue weighted by molar-refractivity contribution is 6.09. The summed E-state index contributed by atoms with van der Waals surface area (Å²) < 4.78 is 2.44. The minimum atomic E-state index is -0.603. The maximum absolute atomic E-state index is 5.25. The molecule has 2 heterocycles. The van der Waals surface area contributed by atoms with Gasteiger partial charge in [0.05, 0.1) is 21.9 Å². The van der Waals surface area contributed by atoms with Gasteiger partial charge in [0.25, 0.3) is 0 Å². The SMILES string of the molecule is CCC1(CC)c2cc(C=Cc3ncnc(-c4ccc5c(c4)C4(c6ccccc6-c6ccccc64)c4ccccc4C54c5ccccc5-c5ccccc54)n3)ccc2-c2ccc(-n3c4ccccc4c4ccccc43)cc21. The van der Waals surface area contributed by atoms with Crippen molar-refractivity contribution >= 4 is 34.0 Å². The Labute approximate surface area is 442 Å². The number of rotatable bonds is 6. The molecule has 0 saturated carbocycles. The predicted molar refractivity (Wildman–Crippen MR) is 310 cm³/mol. The molecule has 0 atom stereocenters. The topological polar surface area (TPSA) is 43.6 Å². The van der Waals surface area contributed by atoms with E-state index in [1.807, 2.05) is 0 Å². The van der Waals surface area contributed by atoms with Crippen molar-refractivity contribution in [2.45, 2.75) is 42.9 Å². The smallest absolute Gasteiger partial charge is 0.163 e. The first-order valence-corrected chi connectivity index (χ1v) is 26.9. The molecule has 0 aliphatic heterocycles. The van der Waals surface area contributed by atoms with E-state index in [0.717, 1.165) is 24.0 Å². The van der Waals surface area contributed by atoms with E-state index in [0.29, 0.717) is 11.6 Å². The zero-order valence-corrected chi connectivity index (χ0v) is 42.3. The standard InChI is InChI=1S/C72H50N4/c1-3-70(4-2)63-41-45(33-37-52(63)53-38-36-47(43-64(53)70)76-66-31-17-9-23-54(66)55-24-10-18-32-67(55)76)34-40-68-73-44-74-69(75-68)46-35-39-62-65(42-46)72(58-27-13-7-21-50(58)51-22-8-14-28-59(51)72)61-30-16-15-29-60(61)71(62)56-25-11-5-19-48(56)49-20-6-12-26-57(49)71/h5-44H,3-4H2,1-2H3. The summed E-state index contributed by atoms with van der Waals surface area (Å²) in [5, 5.41) is 2.55. The van der Waals surface area contributed by atoms with Gasteiger partial charge in [-0.05, 0) is 144 Å². The summed E-state index contributed by atoms with van der Waals surface area (Å²) >= 11 is 0. The van der Waals surface area contributed by atoms with Gasteiger partial charge in [-0.3, -0.25) is 0 Å². The zero-order valence-electron chi connectivity index (χ0n) is 42.3. The molecule has 4 aliphatic rings. The number of hydrogen-bond donors (Lipinski definition) is 0. The van der Waals surface area contributed by atoms with Crippen LogP contribution in [0.2, 0.25) is 0 Å². The van der Waals surface area contributed by atoms with Gasteiger partial charge in [0.1, 0.15) is 6.33 Å². The van der Waals surface area contributed by atoms with Gasteiger partial charge in [-0.15, -0.1) is 0 Å². The van der Waals surface area contributed by atoms with E-state index in [9.17, 15) is 0 Å². The van der Waals surface area contributed by atoms with Crippen LogP contribution in [0.5, 0.6) is 0 Å². The van der Waals surface area contributed by atoms with Crippen LogP contribution in [0.25, 0.3) is 84.4 Å². The summed E-state index contributed by atoms with van der Waals surface area (Å²) in [6, 6.07) is 84.2. The van der Waals surface area contributed by atoms with Gasteiger partial charge >= 0.3 is 0 Å². The monoisotopic (exact) mass is 970 g/mol. The van der Waals surface area contributed by atoms with Crippen molar-refractivity contribution in [2.75, 3.05) is 0 Å². The third kappa shape index (κ3) is 5.45. The number of nitrogens with zero attached hydrogens (tertiary/aromatic N) is 4. The molecule has 0 unspecified atom stereocenters. The lowest BCUT2D eigenvalue weighted by Crippen LogP contribution is -2.43. The molecule has 0 bridgehead atoms. The molecule has 4 aliphatic carbocycles. The van der Waals surface area contributed by atoms with Crippen LogP contribution in [-0.4, -0.2) is 19.5 Å². The normalized spacial score (nSPS) is 15.1. The van der Waals surface area contributed by atoms with E-state index in [-0.39, 0.29) is 5.41 Å². The van der Waals surface area contributed by atoms with Crippen LogP contribution < -0.4 is 0 Å². The van der Waals surface area contributed by atoms with Crippen LogP contribution in [0.4, 0.5) is 0 Å². The van der Waals surface area contributed by atoms with Gasteiger partial charge in [0, 0.05) is 27.4 Å². The van der Waals surface area contributed by atoms with E-state index in [1.165, 1.54) is 117 Å². The molecule has 0 saturated heterocycles. The van der Waals surface area contributed by atoms with Gasteiger partial charge in [-0.2, -0.15) is 0 Å². The highest BCUT2D eigenvalue weighted by Crippen LogP contribution is 2.67. The summed E-state index contributed by atoms with van der Waals surface area (Å²) in [4.78, 5) is 14.9. The Kier molecular flexibility index (Phi) is 9.02. The second-order valence-corrected chi connectivity index (χ2v) is 21.2. The largest absolute Gasteiger partial charge is 0.309 e. The lowest BCUT2D eigenvalue weighted by Gasteiger charge is -2.49. The fraction of sp³-hybridized carbons (Fsp3) is 0.0972. The highest BCUT2D eigenvalue weighted by atomic mass is 15.0. The number of benzene rings is 10. The molecule has 0 amide bonds. The molecule has 2 aromatic heterocycles. The number of fused-ring (bicyclic) bond motifs is 22. The molecule has 10 aromatic carbocycles. The molecule has 16 rings (SSSR count). The first-order valence-electron chi connectivity index (χ1n) is 26.9. The van der Waals surface area contributed by atoms with Crippen LogP contribution in [0.15, 0.2) is 231 Å². The maximum Gasteiger partial charge on any atom is 0.163 e. The van der Waals surface area contributed by atoms with Crippen molar-refractivity contribution in [3.63, 3.8) is 0 Å². The summed E-state index contributed by atoms with van der Waals surface area (Å²) in [6.07, 6.45) is 7.89. The van der Waals surface area contributed by atoms with Crippen LogP contribution >= 0.6 is 0 Å². The minimum Gasteiger partial charge on any atom is -0.309 e. The molecule has 2 spiro atoms. The van der Waals surface area contributed by atoms with Crippen LogP contribution in [-0.2, 0) is 16.2 Å². The third-order valence-corrected chi connectivity index (χ3v) is 18.2. The van der Waals surface area contributed by atoms with E-state index in [1.54, 1.807) is 6.33 Å². The Bertz CT molecular complexity index is 4330. The first kappa shape index (κ1) is 43.2. The Morgan fingerprint density at radius 3 is 1.41 bits per heavy atom. The molecule has 12 aromatic rings. The molecule has 0 N–H and O–H groups in total. The molecule has 0 fully saturated rings. The second-order valence-electron chi connectivity index (χ2n) is 21.2. The second kappa shape index (κ2) is 15.9. The summed E-state index contributed by atoms with van der Waals surface area (Å²) in [5.74, 6) is 1.26. The van der Waals surface area contributed by atoms with Gasteiger partial charge in [-0.25, -0.2) is 15.0 Å². The average Bonchev–Trinajstić information content (AvgIpc) is 4.22. The van der Waals surface area contributed by atoms with Gasteiger partial charge in [-0.1, -0.05) is 214 Å². The van der Waals surface area contributed by atoms with E-state index in [2.05, 4.69) is 255 Å². The average molecular weight is 971 g/mol. The van der Waals surface area contributed by atoms with E-state index in [4.69, 9.17) is 15.0 Å². The molecular weight excluding hydrogens is 921 g/mol. The van der Waals surface area contributed by atoms with Crippen molar-refractivity contribution in [3.05, 3.63) is 298 Å². The summed E-state index contributed by atoms with van der Waals surface area (Å²) in [6.45, 7) is 4.70. The van der Waals surface area contributed by atoms with Crippen LogP contribution in [0.1, 0.15) is 93.7 Å². The molecule has 76 heavy (non-hydrogen) atoms. The van der Waals surface area contributed by atoms with Gasteiger partial charge in [0.15, 0.2) is 11.6 Å². The summed E-state index contributed by atoms with van der Waals surface area (Å²) in [5.41, 5.74) is 25.4. The first-order chi connectivity index (χ1) is 37.6. The molecule has 4 nitrogen and oxygen atoms in total. The predicted octanol–water partition coefficient (Wildman–Crippen LogP) is 16.9. The van der Waals surface area contributed by atoms with Crippen molar-refractivity contribution in [1.29, 1.82) is 0 Å². The lowest BCUT2D eigenvalue weighted by atomic mass is 9.52. The van der Waals surface area contributed by atoms with Crippen LogP contribution in [0, 0.1) is 0 Å². The van der Waals surface area contributed by atoms with Gasteiger partial charge < -0.3 is 4.57 Å². The van der Waals surface area contributed by atoms with Gasteiger partial charge in [0.2, 0.25) is 0 Å². The maximum atomic E-state index is 5.25. The molecule has 0 radical (unpaired) electrons. The fourth-order valence-electron chi connectivity index (χ4n) is 15.0. The number of para-hydroxylation sites is 2. The van der Waals surface area contributed by atoms with Crippen molar-refractivity contribution in [2.24, 2.45) is 0 Å². The molecular formula is C72H50N4. The zero-order chi connectivity index (χ0) is 50.3. The Balaban J connectivity index is 0.820. The molecule has 358 valence electrons. The summed E-state index contributed by atoms with van der Waals surface area (Å²) in [7, 11) is 0. The van der Waals surface area contributed by atoms with E-state index >= 15 is 0 Å². The minimum absolute atomic E-state index is 0.129. The third-order valence-electron chi connectivity index (χ3n) is 18.2. The van der Waals surface area contributed by atoms with Crippen LogP contribution in [0.3, 0.4) is 0 Å². The quantitative estimate of drug-likeness (QED) is 0.167. The fourth-order valence-corrected chi connectivity index (χ4v) is 15.0. The molecule has 4 heteroatoms. The number of aromatic nitrogens is 4. The Morgan fingerprint density at radius 1 is 0.382 bits per heavy atom. The highest BCUT2D eigenvalue weighted by Gasteiger charge is 2.59. The Morgan fingerprint density at radius 2 is 0.842 bits per heavy atom. The lowest BCUT2D eigenvalue weighted by molar-refractivity contribution is 0.490. The van der Waals surface area contributed by atoms with E-state index < -0.39 is 10.8 Å². The Hall–Kier alpha value is -9.25. The number of hydrogen-bond acceptors (Lipinski definition) is 3. The van der Waals surface area contributed by atoms with Crippen molar-refractivity contribution < 1.29 is 0 Å². The van der Waals surface area contributed by atoms with Crippen molar-refractivity contribution in [1.82, 2.24) is 19.5 Å².